The number of H-pyrrole nitrogens is 1. The zero-order chi connectivity index (χ0) is 19.5. The number of benzene rings is 1. The van der Waals surface area contributed by atoms with Crippen LogP contribution in [0.2, 0.25) is 5.15 Å². The number of nitrogens with zero attached hydrogens (tertiary/aromatic N) is 3. The number of halogens is 1. The van der Waals surface area contributed by atoms with Crippen molar-refractivity contribution in [1.82, 2.24) is 15.0 Å². The molecule has 3 heterocycles. The highest BCUT2D eigenvalue weighted by Gasteiger charge is 2.20. The van der Waals surface area contributed by atoms with E-state index in [-0.39, 0.29) is 5.56 Å². The normalized spacial score (nSPS) is 10.4. The van der Waals surface area contributed by atoms with Gasteiger partial charge in [-0.25, -0.2) is 4.98 Å². The van der Waals surface area contributed by atoms with Gasteiger partial charge in [0.25, 0.3) is 5.56 Å². The highest BCUT2D eigenvalue weighted by molar-refractivity contribution is 6.29. The molecular formula is C22H13ClN4O. The highest BCUT2D eigenvalue weighted by Crippen LogP contribution is 2.37. The molecule has 0 saturated carbocycles. The van der Waals surface area contributed by atoms with E-state index in [9.17, 15) is 10.1 Å². The molecule has 0 saturated heterocycles. The molecule has 28 heavy (non-hydrogen) atoms. The van der Waals surface area contributed by atoms with Gasteiger partial charge < -0.3 is 4.98 Å². The van der Waals surface area contributed by atoms with Gasteiger partial charge in [-0.2, -0.15) is 5.26 Å². The second-order valence-corrected chi connectivity index (χ2v) is 6.41. The SMILES string of the molecule is N#Cc1ccccc1-c1c(-c2ccc(Cl)nc2)c(-c2ccccn2)c[nH]c1=O. The van der Waals surface area contributed by atoms with E-state index in [4.69, 9.17) is 11.6 Å². The summed E-state index contributed by atoms with van der Waals surface area (Å²) in [6.45, 7) is 0. The fourth-order valence-electron chi connectivity index (χ4n) is 3.13. The maximum absolute atomic E-state index is 12.9. The zero-order valence-corrected chi connectivity index (χ0v) is 15.3. The van der Waals surface area contributed by atoms with Gasteiger partial charge in [0.1, 0.15) is 5.15 Å². The van der Waals surface area contributed by atoms with Crippen LogP contribution >= 0.6 is 11.6 Å². The van der Waals surface area contributed by atoms with Crippen molar-refractivity contribution in [1.29, 1.82) is 5.26 Å². The van der Waals surface area contributed by atoms with Crippen LogP contribution < -0.4 is 5.56 Å². The maximum Gasteiger partial charge on any atom is 0.256 e. The molecular weight excluding hydrogens is 372 g/mol. The van der Waals surface area contributed by atoms with Crippen LogP contribution in [0.1, 0.15) is 5.56 Å². The van der Waals surface area contributed by atoms with E-state index in [2.05, 4.69) is 21.0 Å². The lowest BCUT2D eigenvalue weighted by atomic mass is 9.90. The fraction of sp³-hybridized carbons (Fsp3) is 0. The summed E-state index contributed by atoms with van der Waals surface area (Å²) < 4.78 is 0. The molecule has 1 aromatic carbocycles. The summed E-state index contributed by atoms with van der Waals surface area (Å²) in [5, 5.41) is 9.90. The van der Waals surface area contributed by atoms with E-state index in [1.165, 1.54) is 0 Å². The molecule has 0 aliphatic heterocycles. The Hall–Kier alpha value is -3.75. The molecule has 1 N–H and O–H groups in total. The molecule has 0 aliphatic rings. The van der Waals surface area contributed by atoms with Crippen LogP contribution in [0, 0.1) is 11.3 Å². The molecule has 4 rings (SSSR count). The molecule has 0 atom stereocenters. The zero-order valence-electron chi connectivity index (χ0n) is 14.6. The van der Waals surface area contributed by atoms with E-state index < -0.39 is 0 Å². The van der Waals surface area contributed by atoms with Crippen molar-refractivity contribution >= 4 is 11.6 Å². The van der Waals surface area contributed by atoms with E-state index in [0.29, 0.717) is 38.7 Å². The van der Waals surface area contributed by atoms with Crippen molar-refractivity contribution in [2.45, 2.75) is 0 Å². The first kappa shape index (κ1) is 17.7. The van der Waals surface area contributed by atoms with Gasteiger partial charge in [-0.15, -0.1) is 0 Å². The van der Waals surface area contributed by atoms with E-state index in [1.807, 2.05) is 18.2 Å². The monoisotopic (exact) mass is 384 g/mol. The van der Waals surface area contributed by atoms with Crippen molar-refractivity contribution in [3.63, 3.8) is 0 Å². The minimum atomic E-state index is -0.299. The van der Waals surface area contributed by atoms with Crippen LogP contribution in [-0.2, 0) is 0 Å². The van der Waals surface area contributed by atoms with Crippen molar-refractivity contribution in [2.75, 3.05) is 0 Å². The molecule has 4 aromatic rings. The van der Waals surface area contributed by atoms with Gasteiger partial charge in [0.2, 0.25) is 0 Å². The molecule has 0 amide bonds. The predicted molar refractivity (Wildman–Crippen MR) is 109 cm³/mol. The minimum absolute atomic E-state index is 0.299. The number of rotatable bonds is 3. The standard InChI is InChI=1S/C22H13ClN4O/c23-19-9-8-15(12-26-19)20-17(18-7-3-4-10-25-18)13-27-22(28)21(20)16-6-2-1-5-14(16)11-24/h1-10,12-13H,(H,27,28). The first-order chi connectivity index (χ1) is 13.7. The largest absolute Gasteiger partial charge is 0.328 e. The van der Waals surface area contributed by atoms with Gasteiger partial charge in [-0.3, -0.25) is 9.78 Å². The Morgan fingerprint density at radius 3 is 2.46 bits per heavy atom. The van der Waals surface area contributed by atoms with E-state index >= 15 is 0 Å². The second-order valence-electron chi connectivity index (χ2n) is 6.02. The van der Waals surface area contributed by atoms with Crippen LogP contribution in [0.3, 0.4) is 0 Å². The first-order valence-electron chi connectivity index (χ1n) is 8.47. The van der Waals surface area contributed by atoms with Gasteiger partial charge in [-0.05, 0) is 30.3 Å². The van der Waals surface area contributed by atoms with E-state index in [0.717, 1.165) is 5.56 Å². The molecule has 0 unspecified atom stereocenters. The Bertz CT molecular complexity index is 1240. The van der Waals surface area contributed by atoms with Gasteiger partial charge >= 0.3 is 0 Å². The molecule has 0 radical (unpaired) electrons. The van der Waals surface area contributed by atoms with Crippen LogP contribution in [0.15, 0.2) is 78.0 Å². The Balaban J connectivity index is 2.13. The third-order valence-corrected chi connectivity index (χ3v) is 4.59. The number of pyridine rings is 3. The smallest absolute Gasteiger partial charge is 0.256 e. The van der Waals surface area contributed by atoms with Crippen LogP contribution in [0.4, 0.5) is 0 Å². The third-order valence-electron chi connectivity index (χ3n) is 4.37. The number of hydrogen-bond acceptors (Lipinski definition) is 4. The average molecular weight is 385 g/mol. The Morgan fingerprint density at radius 2 is 1.75 bits per heavy atom. The molecule has 0 spiro atoms. The third kappa shape index (κ3) is 3.18. The summed E-state index contributed by atoms with van der Waals surface area (Å²) in [6.07, 6.45) is 4.93. The molecule has 0 aliphatic carbocycles. The second kappa shape index (κ2) is 7.47. The van der Waals surface area contributed by atoms with Gasteiger partial charge in [0, 0.05) is 40.8 Å². The molecule has 3 aromatic heterocycles. The molecule has 134 valence electrons. The molecule has 0 bridgehead atoms. The minimum Gasteiger partial charge on any atom is -0.328 e. The lowest BCUT2D eigenvalue weighted by Gasteiger charge is -2.15. The number of hydrogen-bond donors (Lipinski definition) is 1. The van der Waals surface area contributed by atoms with Gasteiger partial charge in [0.15, 0.2) is 0 Å². The fourth-order valence-corrected chi connectivity index (χ4v) is 3.25. The summed E-state index contributed by atoms with van der Waals surface area (Å²) >= 11 is 5.96. The van der Waals surface area contributed by atoms with E-state index in [1.54, 1.807) is 55.0 Å². The Kier molecular flexibility index (Phi) is 4.71. The van der Waals surface area contributed by atoms with Crippen LogP contribution in [0.25, 0.3) is 33.5 Å². The number of aromatic nitrogens is 3. The predicted octanol–water partition coefficient (Wildman–Crippen LogP) is 4.69. The average Bonchev–Trinajstić information content (AvgIpc) is 2.75. The Morgan fingerprint density at radius 1 is 0.929 bits per heavy atom. The highest BCUT2D eigenvalue weighted by atomic mass is 35.5. The lowest BCUT2D eigenvalue weighted by molar-refractivity contribution is 1.22. The van der Waals surface area contributed by atoms with Crippen molar-refractivity contribution < 1.29 is 0 Å². The van der Waals surface area contributed by atoms with Gasteiger partial charge in [-0.1, -0.05) is 35.9 Å². The summed E-state index contributed by atoms with van der Waals surface area (Å²) in [5.41, 5.74) is 3.83. The molecule has 5 nitrogen and oxygen atoms in total. The molecule has 6 heteroatoms. The Labute approximate surface area is 165 Å². The summed E-state index contributed by atoms with van der Waals surface area (Å²) in [5.74, 6) is 0. The summed E-state index contributed by atoms with van der Waals surface area (Å²) in [7, 11) is 0. The summed E-state index contributed by atoms with van der Waals surface area (Å²) in [6, 6.07) is 18.2. The number of nitrogens with one attached hydrogen (secondary N) is 1. The van der Waals surface area contributed by atoms with Gasteiger partial charge in [0.05, 0.1) is 22.9 Å². The molecule has 0 fully saturated rings. The quantitative estimate of drug-likeness (QED) is 0.519. The topological polar surface area (TPSA) is 82.4 Å². The first-order valence-corrected chi connectivity index (χ1v) is 8.85. The van der Waals surface area contributed by atoms with Crippen molar-refractivity contribution in [2.24, 2.45) is 0 Å². The lowest BCUT2D eigenvalue weighted by Crippen LogP contribution is -2.12. The van der Waals surface area contributed by atoms with Crippen LogP contribution in [-0.4, -0.2) is 15.0 Å². The maximum atomic E-state index is 12.9. The summed E-state index contributed by atoms with van der Waals surface area (Å²) in [4.78, 5) is 24.3. The number of nitriles is 1. The van der Waals surface area contributed by atoms with Crippen molar-refractivity contribution in [3.05, 3.63) is 94.3 Å². The van der Waals surface area contributed by atoms with Crippen molar-refractivity contribution in [3.8, 4) is 39.6 Å². The number of aromatic amines is 1. The van der Waals surface area contributed by atoms with Crippen LogP contribution in [0.5, 0.6) is 0 Å².